The summed E-state index contributed by atoms with van der Waals surface area (Å²) in [6.07, 6.45) is 4.76. The van der Waals surface area contributed by atoms with E-state index in [1.54, 1.807) is 0 Å². The van der Waals surface area contributed by atoms with E-state index >= 15 is 0 Å². The molecule has 8 nitrogen and oxygen atoms in total. The van der Waals surface area contributed by atoms with Crippen LogP contribution < -0.4 is 5.32 Å². The third-order valence-electron chi connectivity index (χ3n) is 7.50. The number of carbonyl (C=O) groups is 3. The summed E-state index contributed by atoms with van der Waals surface area (Å²) in [6, 6.07) is 0.387. The Morgan fingerprint density at radius 2 is 1.79 bits per heavy atom. The van der Waals surface area contributed by atoms with Gasteiger partial charge in [-0.1, -0.05) is 0 Å². The van der Waals surface area contributed by atoms with Gasteiger partial charge in [0.05, 0.1) is 19.1 Å². The third kappa shape index (κ3) is 3.65. The highest BCUT2D eigenvalue weighted by atomic mass is 16.5. The quantitative estimate of drug-likeness (QED) is 0.723. The second kappa shape index (κ2) is 7.87. The van der Waals surface area contributed by atoms with Crippen LogP contribution in [-0.2, 0) is 23.9 Å². The van der Waals surface area contributed by atoms with E-state index < -0.39 is 0 Å². The Balaban J connectivity index is 1.22. The standard InChI is InChI=1S/C21H31N3O5/c25-18-6-5-16-4-3-13(10-24(16)18)21(27)23-8-14-11-28-12-15(9-23)19(14)22-20(26)17-2-1-7-29-17/h13-17,19H,1-12H2,(H,22,26)/t13-,14+,15+,16-,17+/m0/s1. The summed E-state index contributed by atoms with van der Waals surface area (Å²) in [4.78, 5) is 41.8. The normalized spacial score (nSPS) is 39.4. The summed E-state index contributed by atoms with van der Waals surface area (Å²) in [5.74, 6) is 0.489. The number of hydrogen-bond donors (Lipinski definition) is 1. The predicted octanol–water partition coefficient (Wildman–Crippen LogP) is 0.156. The maximum atomic E-state index is 13.3. The van der Waals surface area contributed by atoms with Gasteiger partial charge in [-0.3, -0.25) is 14.4 Å². The molecule has 5 fully saturated rings. The molecular weight excluding hydrogens is 374 g/mol. The molecule has 5 heterocycles. The third-order valence-corrected chi connectivity index (χ3v) is 7.50. The largest absolute Gasteiger partial charge is 0.381 e. The number of rotatable bonds is 3. The molecule has 5 aliphatic heterocycles. The maximum Gasteiger partial charge on any atom is 0.249 e. The van der Waals surface area contributed by atoms with E-state index in [0.29, 0.717) is 51.9 Å². The van der Waals surface area contributed by atoms with Gasteiger partial charge in [-0.15, -0.1) is 0 Å². The molecule has 0 radical (unpaired) electrons. The fourth-order valence-electron chi connectivity index (χ4n) is 5.92. The zero-order valence-electron chi connectivity index (χ0n) is 16.9. The van der Waals surface area contributed by atoms with Gasteiger partial charge in [0.2, 0.25) is 17.7 Å². The average Bonchev–Trinajstić information content (AvgIpc) is 3.37. The predicted molar refractivity (Wildman–Crippen MR) is 103 cm³/mol. The molecule has 0 aliphatic carbocycles. The Kier molecular flexibility index (Phi) is 5.24. The zero-order valence-corrected chi connectivity index (χ0v) is 16.9. The van der Waals surface area contributed by atoms with Gasteiger partial charge in [0, 0.05) is 56.6 Å². The van der Waals surface area contributed by atoms with E-state index in [9.17, 15) is 14.4 Å². The van der Waals surface area contributed by atoms with E-state index in [1.165, 1.54) is 0 Å². The minimum absolute atomic E-state index is 0.0185. The van der Waals surface area contributed by atoms with Crippen molar-refractivity contribution in [1.82, 2.24) is 15.1 Å². The Morgan fingerprint density at radius 1 is 1.00 bits per heavy atom. The van der Waals surface area contributed by atoms with Crippen molar-refractivity contribution in [2.75, 3.05) is 39.5 Å². The number of likely N-dealkylation sites (tertiary alicyclic amines) is 1. The van der Waals surface area contributed by atoms with Crippen LogP contribution in [0, 0.1) is 17.8 Å². The minimum Gasteiger partial charge on any atom is -0.381 e. The number of nitrogens with zero attached hydrogens (tertiary/aromatic N) is 2. The van der Waals surface area contributed by atoms with Crippen molar-refractivity contribution in [2.24, 2.45) is 17.8 Å². The molecule has 5 rings (SSSR count). The smallest absolute Gasteiger partial charge is 0.249 e. The molecule has 0 saturated carbocycles. The van der Waals surface area contributed by atoms with E-state index in [2.05, 4.69) is 5.32 Å². The molecule has 0 unspecified atom stereocenters. The number of nitrogens with one attached hydrogen (secondary N) is 1. The molecule has 29 heavy (non-hydrogen) atoms. The first-order valence-corrected chi connectivity index (χ1v) is 11.2. The molecule has 0 aromatic carbocycles. The summed E-state index contributed by atoms with van der Waals surface area (Å²) in [7, 11) is 0. The minimum atomic E-state index is -0.329. The molecule has 2 bridgehead atoms. The lowest BCUT2D eigenvalue weighted by Gasteiger charge is -2.48. The second-order valence-corrected chi connectivity index (χ2v) is 9.35. The molecule has 1 N–H and O–H groups in total. The van der Waals surface area contributed by atoms with Crippen LogP contribution in [0.15, 0.2) is 0 Å². The fraction of sp³-hybridized carbons (Fsp3) is 0.857. The molecule has 160 valence electrons. The van der Waals surface area contributed by atoms with Crippen molar-refractivity contribution in [3.05, 3.63) is 0 Å². The fourth-order valence-corrected chi connectivity index (χ4v) is 5.92. The Hall–Kier alpha value is -1.67. The van der Waals surface area contributed by atoms with Crippen LogP contribution in [0.4, 0.5) is 0 Å². The van der Waals surface area contributed by atoms with Gasteiger partial charge in [0.15, 0.2) is 0 Å². The molecule has 5 aliphatic rings. The number of hydrogen-bond acceptors (Lipinski definition) is 5. The highest BCUT2D eigenvalue weighted by molar-refractivity contribution is 5.83. The molecule has 5 saturated heterocycles. The van der Waals surface area contributed by atoms with Gasteiger partial charge in [-0.05, 0) is 32.1 Å². The molecule has 0 aromatic heterocycles. The van der Waals surface area contributed by atoms with Crippen LogP contribution in [0.2, 0.25) is 0 Å². The van der Waals surface area contributed by atoms with Crippen LogP contribution >= 0.6 is 0 Å². The summed E-state index contributed by atoms with van der Waals surface area (Å²) >= 11 is 0. The molecule has 0 spiro atoms. The van der Waals surface area contributed by atoms with Crippen LogP contribution in [0.25, 0.3) is 0 Å². The van der Waals surface area contributed by atoms with Gasteiger partial charge in [-0.25, -0.2) is 0 Å². The maximum absolute atomic E-state index is 13.3. The summed E-state index contributed by atoms with van der Waals surface area (Å²) in [5, 5.41) is 3.20. The van der Waals surface area contributed by atoms with Gasteiger partial charge in [0.25, 0.3) is 0 Å². The highest BCUT2D eigenvalue weighted by Gasteiger charge is 2.46. The van der Waals surface area contributed by atoms with Crippen molar-refractivity contribution < 1.29 is 23.9 Å². The van der Waals surface area contributed by atoms with E-state index in [1.807, 2.05) is 9.80 Å². The van der Waals surface area contributed by atoms with Gasteiger partial charge in [-0.2, -0.15) is 0 Å². The van der Waals surface area contributed by atoms with Crippen LogP contribution in [0.3, 0.4) is 0 Å². The van der Waals surface area contributed by atoms with Crippen molar-refractivity contribution in [3.63, 3.8) is 0 Å². The highest BCUT2D eigenvalue weighted by Crippen LogP contribution is 2.34. The molecule has 8 heteroatoms. The monoisotopic (exact) mass is 405 g/mol. The lowest BCUT2D eigenvalue weighted by molar-refractivity contribution is -0.149. The van der Waals surface area contributed by atoms with Crippen LogP contribution in [-0.4, -0.2) is 85.2 Å². The molecule has 5 atom stereocenters. The topological polar surface area (TPSA) is 88.2 Å². The van der Waals surface area contributed by atoms with E-state index in [4.69, 9.17) is 9.47 Å². The van der Waals surface area contributed by atoms with Crippen LogP contribution in [0.5, 0.6) is 0 Å². The Morgan fingerprint density at radius 3 is 2.52 bits per heavy atom. The van der Waals surface area contributed by atoms with E-state index in [0.717, 1.165) is 32.1 Å². The Bertz CT molecular complexity index is 665. The van der Waals surface area contributed by atoms with Gasteiger partial charge in [0.1, 0.15) is 6.10 Å². The van der Waals surface area contributed by atoms with Crippen LogP contribution in [0.1, 0.15) is 38.5 Å². The second-order valence-electron chi connectivity index (χ2n) is 9.35. The van der Waals surface area contributed by atoms with Gasteiger partial charge < -0.3 is 24.6 Å². The van der Waals surface area contributed by atoms with Crippen molar-refractivity contribution in [2.45, 2.75) is 56.7 Å². The first-order chi connectivity index (χ1) is 14.1. The molecule has 3 amide bonds. The van der Waals surface area contributed by atoms with Crippen molar-refractivity contribution in [3.8, 4) is 0 Å². The number of ether oxygens (including phenoxy) is 2. The lowest BCUT2D eigenvalue weighted by atomic mass is 9.81. The van der Waals surface area contributed by atoms with E-state index in [-0.39, 0.29) is 47.6 Å². The average molecular weight is 405 g/mol. The summed E-state index contributed by atoms with van der Waals surface area (Å²) < 4.78 is 11.3. The van der Waals surface area contributed by atoms with Gasteiger partial charge >= 0.3 is 0 Å². The lowest BCUT2D eigenvalue weighted by Crippen LogP contribution is -2.64. The SMILES string of the molecule is O=C(NC1[C@H]2COC[C@H]1CN(C(=O)[C@H]1CC[C@H]3CCC(=O)N3C1)C2)[C@H]1CCCO1. The molecule has 0 aromatic rings. The first-order valence-electron chi connectivity index (χ1n) is 11.2. The molecular formula is C21H31N3O5. The number of carbonyl (C=O) groups excluding carboxylic acids is 3. The number of piperidine rings is 2. The van der Waals surface area contributed by atoms with Crippen molar-refractivity contribution in [1.29, 1.82) is 0 Å². The summed E-state index contributed by atoms with van der Waals surface area (Å²) in [6.45, 7) is 3.58. The number of amides is 3. The summed E-state index contributed by atoms with van der Waals surface area (Å²) in [5.41, 5.74) is 0. The first kappa shape index (κ1) is 19.3. The van der Waals surface area contributed by atoms with Crippen molar-refractivity contribution >= 4 is 17.7 Å². The zero-order chi connectivity index (χ0) is 20.0. The number of fused-ring (bicyclic) bond motifs is 3. The Labute approximate surface area is 171 Å².